The zero-order chi connectivity index (χ0) is 17.8. The zero-order valence-electron chi connectivity index (χ0n) is 14.1. The summed E-state index contributed by atoms with van der Waals surface area (Å²) in [7, 11) is 0. The van der Waals surface area contributed by atoms with E-state index >= 15 is 0 Å². The van der Waals surface area contributed by atoms with E-state index < -0.39 is 0 Å². The van der Waals surface area contributed by atoms with Crippen LogP contribution in [0.15, 0.2) is 78.6 Å². The number of amides is 1. The van der Waals surface area contributed by atoms with Gasteiger partial charge in [-0.15, -0.1) is 11.3 Å². The van der Waals surface area contributed by atoms with Crippen LogP contribution in [0.3, 0.4) is 0 Å². The molecule has 4 aromatic rings. The first kappa shape index (κ1) is 16.4. The van der Waals surface area contributed by atoms with Crippen molar-refractivity contribution in [3.63, 3.8) is 0 Å². The molecule has 0 aliphatic rings. The Bertz CT molecular complexity index is 969. The molecule has 0 spiro atoms. The van der Waals surface area contributed by atoms with Crippen LogP contribution >= 0.6 is 11.3 Å². The molecule has 4 rings (SSSR count). The van der Waals surface area contributed by atoms with Crippen molar-refractivity contribution in [1.82, 2.24) is 19.7 Å². The molecule has 0 bridgehead atoms. The first-order chi connectivity index (χ1) is 12.8. The van der Waals surface area contributed by atoms with Crippen LogP contribution in [0.25, 0.3) is 5.69 Å². The average Bonchev–Trinajstić information content (AvgIpc) is 3.43. The van der Waals surface area contributed by atoms with Gasteiger partial charge in [-0.3, -0.25) is 4.79 Å². The third-order valence-electron chi connectivity index (χ3n) is 4.13. The molecule has 0 aliphatic carbocycles. The smallest absolute Gasteiger partial charge is 0.268 e. The van der Waals surface area contributed by atoms with Gasteiger partial charge in [0.1, 0.15) is 5.69 Å². The average molecular weight is 362 g/mol. The highest BCUT2D eigenvalue weighted by molar-refractivity contribution is 7.09. The summed E-state index contributed by atoms with van der Waals surface area (Å²) >= 11 is 1.69. The molecule has 0 saturated carbocycles. The number of nitrogens with zero attached hydrogens (tertiary/aromatic N) is 3. The molecule has 0 unspecified atom stereocenters. The number of hydrogen-bond acceptors (Lipinski definition) is 3. The number of rotatable bonds is 6. The Morgan fingerprint density at radius 3 is 2.65 bits per heavy atom. The van der Waals surface area contributed by atoms with Gasteiger partial charge in [-0.2, -0.15) is 5.10 Å². The van der Waals surface area contributed by atoms with Crippen molar-refractivity contribution in [2.24, 2.45) is 0 Å². The maximum Gasteiger partial charge on any atom is 0.268 e. The van der Waals surface area contributed by atoms with Crippen LogP contribution in [0.2, 0.25) is 0 Å². The van der Waals surface area contributed by atoms with Gasteiger partial charge in [-0.25, -0.2) is 4.68 Å². The maximum atomic E-state index is 12.5. The van der Waals surface area contributed by atoms with Crippen LogP contribution in [0, 0.1) is 0 Å². The van der Waals surface area contributed by atoms with Gasteiger partial charge in [-0.05, 0) is 47.3 Å². The molecule has 0 aliphatic heterocycles. The van der Waals surface area contributed by atoms with Crippen LogP contribution in [0.5, 0.6) is 0 Å². The number of aromatic nitrogens is 3. The van der Waals surface area contributed by atoms with Crippen molar-refractivity contribution in [2.75, 3.05) is 0 Å². The molecule has 26 heavy (non-hydrogen) atoms. The molecule has 130 valence electrons. The van der Waals surface area contributed by atoms with Gasteiger partial charge in [0.05, 0.1) is 12.2 Å². The Morgan fingerprint density at radius 1 is 1.04 bits per heavy atom. The molecule has 3 heterocycles. The number of thiophene rings is 1. The van der Waals surface area contributed by atoms with Crippen molar-refractivity contribution in [2.45, 2.75) is 13.1 Å². The molecule has 5 nitrogen and oxygen atoms in total. The van der Waals surface area contributed by atoms with Crippen LogP contribution in [-0.2, 0) is 13.1 Å². The van der Waals surface area contributed by atoms with Crippen LogP contribution in [0.4, 0.5) is 0 Å². The largest absolute Gasteiger partial charge is 0.347 e. The van der Waals surface area contributed by atoms with Crippen molar-refractivity contribution >= 4 is 17.2 Å². The lowest BCUT2D eigenvalue weighted by Gasteiger charge is -2.10. The number of hydrogen-bond donors (Lipinski definition) is 1. The number of carbonyl (C=O) groups excluding carboxylic acids is 1. The lowest BCUT2D eigenvalue weighted by molar-refractivity contribution is 0.0942. The summed E-state index contributed by atoms with van der Waals surface area (Å²) in [5, 5.41) is 9.25. The fourth-order valence-corrected chi connectivity index (χ4v) is 3.49. The second kappa shape index (κ2) is 7.41. The molecule has 6 heteroatoms. The Labute approximate surface area is 155 Å². The second-order valence-corrected chi connectivity index (χ2v) is 6.93. The molecule has 0 fully saturated rings. The van der Waals surface area contributed by atoms with Gasteiger partial charge in [0.2, 0.25) is 0 Å². The predicted octanol–water partition coefficient (Wildman–Crippen LogP) is 3.71. The minimum Gasteiger partial charge on any atom is -0.347 e. The molecular formula is C20H18N4OS. The van der Waals surface area contributed by atoms with Crippen molar-refractivity contribution in [1.29, 1.82) is 0 Å². The fraction of sp³-hybridized carbons (Fsp3) is 0.100. The molecule has 0 saturated heterocycles. The number of carbonyl (C=O) groups is 1. The summed E-state index contributed by atoms with van der Waals surface area (Å²) in [6.07, 6.45) is 5.59. The summed E-state index contributed by atoms with van der Waals surface area (Å²) in [5.74, 6) is -0.0669. The van der Waals surface area contributed by atoms with E-state index in [1.165, 1.54) is 4.88 Å². The minimum atomic E-state index is -0.0669. The van der Waals surface area contributed by atoms with E-state index in [0.29, 0.717) is 18.8 Å². The first-order valence-electron chi connectivity index (χ1n) is 8.34. The lowest BCUT2D eigenvalue weighted by atomic mass is 10.2. The molecular weight excluding hydrogens is 344 g/mol. The van der Waals surface area contributed by atoms with Crippen LogP contribution in [-0.4, -0.2) is 20.3 Å². The van der Waals surface area contributed by atoms with Gasteiger partial charge in [0.25, 0.3) is 5.91 Å². The van der Waals surface area contributed by atoms with E-state index in [1.807, 2.05) is 70.9 Å². The summed E-state index contributed by atoms with van der Waals surface area (Å²) in [4.78, 5) is 13.8. The molecule has 1 N–H and O–H groups in total. The predicted molar refractivity (Wildman–Crippen MR) is 103 cm³/mol. The van der Waals surface area contributed by atoms with Crippen molar-refractivity contribution in [3.8, 4) is 5.69 Å². The standard InChI is InChI=1S/C20H18N4OS/c25-20(19-5-1-11-23(19)15-18-4-2-13-26-18)21-14-16-6-8-17(9-7-16)24-12-3-10-22-24/h1-13H,14-15H2,(H,21,25). The first-order valence-corrected chi connectivity index (χ1v) is 9.22. The van der Waals surface area contributed by atoms with E-state index in [0.717, 1.165) is 11.3 Å². The highest BCUT2D eigenvalue weighted by atomic mass is 32.1. The third-order valence-corrected chi connectivity index (χ3v) is 4.99. The van der Waals surface area contributed by atoms with E-state index in [-0.39, 0.29) is 5.91 Å². The molecule has 3 aromatic heterocycles. The van der Waals surface area contributed by atoms with Gasteiger partial charge in [-0.1, -0.05) is 18.2 Å². The fourth-order valence-electron chi connectivity index (χ4n) is 2.79. The Balaban J connectivity index is 1.39. The normalized spacial score (nSPS) is 10.8. The number of benzene rings is 1. The lowest BCUT2D eigenvalue weighted by Crippen LogP contribution is -2.25. The summed E-state index contributed by atoms with van der Waals surface area (Å²) in [6.45, 7) is 1.20. The van der Waals surface area contributed by atoms with E-state index in [4.69, 9.17) is 0 Å². The Kier molecular flexibility index (Phi) is 4.66. The SMILES string of the molecule is O=C(NCc1ccc(-n2cccn2)cc1)c1cccn1Cc1cccs1. The molecule has 0 radical (unpaired) electrons. The summed E-state index contributed by atoms with van der Waals surface area (Å²) in [5.41, 5.74) is 2.71. The van der Waals surface area contributed by atoms with Gasteiger partial charge >= 0.3 is 0 Å². The summed E-state index contributed by atoms with van der Waals surface area (Å²) < 4.78 is 3.78. The van der Waals surface area contributed by atoms with Gasteiger partial charge in [0.15, 0.2) is 0 Å². The minimum absolute atomic E-state index is 0.0669. The van der Waals surface area contributed by atoms with Crippen molar-refractivity contribution < 1.29 is 4.79 Å². The summed E-state index contributed by atoms with van der Waals surface area (Å²) in [6, 6.07) is 17.7. The number of nitrogens with one attached hydrogen (secondary N) is 1. The van der Waals surface area contributed by atoms with Gasteiger partial charge < -0.3 is 9.88 Å². The molecule has 1 amide bonds. The van der Waals surface area contributed by atoms with E-state index in [9.17, 15) is 4.79 Å². The highest BCUT2D eigenvalue weighted by Gasteiger charge is 2.11. The Hall–Kier alpha value is -3.12. The highest BCUT2D eigenvalue weighted by Crippen LogP contribution is 2.13. The zero-order valence-corrected chi connectivity index (χ0v) is 14.9. The maximum absolute atomic E-state index is 12.5. The van der Waals surface area contributed by atoms with E-state index in [1.54, 1.807) is 22.2 Å². The van der Waals surface area contributed by atoms with Crippen molar-refractivity contribution in [3.05, 3.63) is 94.7 Å². The topological polar surface area (TPSA) is 51.9 Å². The Morgan fingerprint density at radius 2 is 1.92 bits per heavy atom. The van der Waals surface area contributed by atoms with Gasteiger partial charge in [0, 0.05) is 30.0 Å². The third kappa shape index (κ3) is 3.60. The van der Waals surface area contributed by atoms with Crippen LogP contribution in [0.1, 0.15) is 20.9 Å². The van der Waals surface area contributed by atoms with Crippen LogP contribution < -0.4 is 5.32 Å². The molecule has 0 atom stereocenters. The monoisotopic (exact) mass is 362 g/mol. The van der Waals surface area contributed by atoms with E-state index in [2.05, 4.69) is 16.5 Å². The molecule has 1 aromatic carbocycles. The second-order valence-electron chi connectivity index (χ2n) is 5.90. The quantitative estimate of drug-likeness (QED) is 0.568.